The Balaban J connectivity index is 1.29. The molecule has 1 saturated heterocycles. The standard InChI is InChI=1S/C31H34F2N6O2/c1-18-10-20(13-26(34)31(18)41-2)23-7-8-35-15-21(23)14-28-36-16-22-5-6-27(37-39(22)28)30-24(32)11-19(12-25(30)33)17-38-9-3-4-29(38)40/h5-8,11-12,15-16,18,20,26,31H,3-4,9-10,13-14,17,34H2,1-2H3/t18-,20+,26+,31+/m0/s1. The second-order valence-electron chi connectivity index (χ2n) is 11.3. The Labute approximate surface area is 237 Å². The van der Waals surface area contributed by atoms with E-state index in [0.717, 1.165) is 30.3 Å². The van der Waals surface area contributed by atoms with Gasteiger partial charge in [-0.3, -0.25) is 9.78 Å². The van der Waals surface area contributed by atoms with Gasteiger partial charge >= 0.3 is 0 Å². The van der Waals surface area contributed by atoms with Gasteiger partial charge in [0.25, 0.3) is 0 Å². The molecule has 1 aliphatic heterocycles. The number of rotatable bonds is 7. The fourth-order valence-electron chi connectivity index (χ4n) is 6.62. The molecule has 1 aromatic carbocycles. The number of likely N-dealkylation sites (tertiary alicyclic amines) is 1. The van der Waals surface area contributed by atoms with Crippen LogP contribution in [-0.2, 0) is 22.5 Å². The summed E-state index contributed by atoms with van der Waals surface area (Å²) in [4.78, 5) is 22.6. The summed E-state index contributed by atoms with van der Waals surface area (Å²) < 4.78 is 37.8. The monoisotopic (exact) mass is 560 g/mol. The topological polar surface area (TPSA) is 98.6 Å². The molecule has 1 aliphatic carbocycles. The van der Waals surface area contributed by atoms with Crippen molar-refractivity contribution in [3.8, 4) is 11.3 Å². The molecule has 0 radical (unpaired) electrons. The highest BCUT2D eigenvalue weighted by atomic mass is 19.1. The molecule has 0 bridgehead atoms. The number of aromatic nitrogens is 4. The average molecular weight is 561 g/mol. The van der Waals surface area contributed by atoms with Gasteiger partial charge in [0, 0.05) is 51.5 Å². The first kappa shape index (κ1) is 27.4. The van der Waals surface area contributed by atoms with Gasteiger partial charge in [0.15, 0.2) is 0 Å². The number of carbonyl (C=O) groups is 1. The average Bonchev–Trinajstić information content (AvgIpc) is 3.53. The van der Waals surface area contributed by atoms with Crippen LogP contribution in [0, 0.1) is 17.6 Å². The maximum Gasteiger partial charge on any atom is 0.222 e. The zero-order valence-corrected chi connectivity index (χ0v) is 23.3. The van der Waals surface area contributed by atoms with E-state index in [2.05, 4.69) is 22.0 Å². The summed E-state index contributed by atoms with van der Waals surface area (Å²) in [5.74, 6) is -0.205. The first-order valence-corrected chi connectivity index (χ1v) is 14.1. The minimum atomic E-state index is -0.716. The molecule has 41 heavy (non-hydrogen) atoms. The van der Waals surface area contributed by atoms with Crippen LogP contribution >= 0.6 is 0 Å². The predicted molar refractivity (Wildman–Crippen MR) is 150 cm³/mol. The second-order valence-corrected chi connectivity index (χ2v) is 11.3. The van der Waals surface area contributed by atoms with Crippen molar-refractivity contribution in [3.05, 3.63) is 83.1 Å². The maximum absolute atomic E-state index is 15.3. The summed E-state index contributed by atoms with van der Waals surface area (Å²) in [5, 5.41) is 4.61. The highest BCUT2D eigenvalue weighted by molar-refractivity contribution is 5.78. The molecule has 1 amide bonds. The van der Waals surface area contributed by atoms with Gasteiger partial charge in [0.05, 0.1) is 29.1 Å². The van der Waals surface area contributed by atoms with Gasteiger partial charge in [-0.25, -0.2) is 18.3 Å². The Kier molecular flexibility index (Phi) is 7.52. The number of hydrogen-bond donors (Lipinski definition) is 1. The smallest absolute Gasteiger partial charge is 0.222 e. The number of amides is 1. The van der Waals surface area contributed by atoms with Crippen molar-refractivity contribution in [2.45, 2.75) is 63.6 Å². The van der Waals surface area contributed by atoms with Crippen molar-refractivity contribution in [2.75, 3.05) is 13.7 Å². The third kappa shape index (κ3) is 5.34. The van der Waals surface area contributed by atoms with Crippen LogP contribution < -0.4 is 5.73 Å². The Morgan fingerprint density at radius 1 is 1.12 bits per heavy atom. The van der Waals surface area contributed by atoms with Crippen molar-refractivity contribution in [1.29, 1.82) is 0 Å². The lowest BCUT2D eigenvalue weighted by Crippen LogP contribution is -2.45. The van der Waals surface area contributed by atoms with Gasteiger partial charge in [0.1, 0.15) is 17.5 Å². The zero-order valence-electron chi connectivity index (χ0n) is 23.3. The van der Waals surface area contributed by atoms with Crippen LogP contribution in [0.2, 0.25) is 0 Å². The molecule has 0 unspecified atom stereocenters. The van der Waals surface area contributed by atoms with Gasteiger partial charge in [-0.2, -0.15) is 5.10 Å². The van der Waals surface area contributed by atoms with Crippen molar-refractivity contribution in [1.82, 2.24) is 24.5 Å². The largest absolute Gasteiger partial charge is 0.380 e. The van der Waals surface area contributed by atoms with Crippen molar-refractivity contribution in [3.63, 3.8) is 0 Å². The van der Waals surface area contributed by atoms with Crippen LogP contribution in [0.4, 0.5) is 8.78 Å². The van der Waals surface area contributed by atoms with Gasteiger partial charge in [0.2, 0.25) is 5.91 Å². The van der Waals surface area contributed by atoms with Crippen LogP contribution in [0.1, 0.15) is 61.0 Å². The lowest BCUT2D eigenvalue weighted by atomic mass is 9.74. The van der Waals surface area contributed by atoms with Crippen LogP contribution in [0.15, 0.2) is 48.9 Å². The summed E-state index contributed by atoms with van der Waals surface area (Å²) in [5.41, 5.74) is 9.77. The molecule has 0 spiro atoms. The molecule has 4 heterocycles. The highest BCUT2D eigenvalue weighted by Crippen LogP contribution is 2.38. The van der Waals surface area contributed by atoms with Gasteiger partial charge < -0.3 is 15.4 Å². The minimum Gasteiger partial charge on any atom is -0.380 e. The van der Waals surface area contributed by atoms with Crippen LogP contribution in [0.3, 0.4) is 0 Å². The Hall–Kier alpha value is -3.76. The normalized spacial score (nSPS) is 23.0. The molecule has 214 valence electrons. The number of ether oxygens (including phenoxy) is 1. The summed E-state index contributed by atoms with van der Waals surface area (Å²) >= 11 is 0. The predicted octanol–water partition coefficient (Wildman–Crippen LogP) is 4.64. The molecular formula is C31H34F2N6O2. The molecular weight excluding hydrogens is 526 g/mol. The molecule has 10 heteroatoms. The summed E-state index contributed by atoms with van der Waals surface area (Å²) in [6.07, 6.45) is 8.84. The van der Waals surface area contributed by atoms with E-state index in [1.165, 1.54) is 17.7 Å². The molecule has 8 nitrogen and oxygen atoms in total. The van der Waals surface area contributed by atoms with Crippen molar-refractivity contribution >= 4 is 11.4 Å². The number of halogens is 2. The number of carbonyl (C=O) groups excluding carboxylic acids is 1. The van der Waals surface area contributed by atoms with Gasteiger partial charge in [-0.15, -0.1) is 0 Å². The van der Waals surface area contributed by atoms with E-state index >= 15 is 8.78 Å². The molecule has 1 saturated carbocycles. The molecule has 6 rings (SSSR count). The number of nitrogens with zero attached hydrogens (tertiary/aromatic N) is 5. The van der Waals surface area contributed by atoms with E-state index in [1.54, 1.807) is 41.1 Å². The third-order valence-electron chi connectivity index (χ3n) is 8.56. The molecule has 4 atom stereocenters. The first-order valence-electron chi connectivity index (χ1n) is 14.1. The minimum absolute atomic E-state index is 0.00596. The molecule has 2 fully saturated rings. The fraction of sp³-hybridized carbons (Fsp3) is 0.419. The Bertz CT molecular complexity index is 1560. The number of imidazole rings is 1. The van der Waals surface area contributed by atoms with Crippen molar-refractivity contribution in [2.24, 2.45) is 11.7 Å². The number of hydrogen-bond acceptors (Lipinski definition) is 6. The summed E-state index contributed by atoms with van der Waals surface area (Å²) in [6.45, 7) is 2.96. The van der Waals surface area contributed by atoms with Gasteiger partial charge in [-0.05, 0) is 78.1 Å². The van der Waals surface area contributed by atoms with Crippen molar-refractivity contribution < 1.29 is 18.3 Å². The van der Waals surface area contributed by atoms with E-state index in [9.17, 15) is 4.79 Å². The van der Waals surface area contributed by atoms with E-state index in [-0.39, 0.29) is 41.8 Å². The SMILES string of the molecule is CO[C@H]1[C@H](N)C[C@H](c2ccncc2Cc2ncc3ccc(-c4c(F)cc(CN5CCCC5=O)cc4F)nn23)C[C@@H]1C. The van der Waals surface area contributed by atoms with E-state index in [4.69, 9.17) is 10.5 Å². The zero-order chi connectivity index (χ0) is 28.7. The van der Waals surface area contributed by atoms with E-state index in [0.29, 0.717) is 36.7 Å². The lowest BCUT2D eigenvalue weighted by Gasteiger charge is -2.38. The summed E-state index contributed by atoms with van der Waals surface area (Å²) in [7, 11) is 1.72. The fourth-order valence-corrected chi connectivity index (χ4v) is 6.62. The number of methoxy groups -OCH3 is 1. The highest BCUT2D eigenvalue weighted by Gasteiger charge is 2.35. The third-order valence-corrected chi connectivity index (χ3v) is 8.56. The molecule has 2 aliphatic rings. The Morgan fingerprint density at radius 3 is 2.63 bits per heavy atom. The number of benzene rings is 1. The molecule has 2 N–H and O–H groups in total. The second kappa shape index (κ2) is 11.3. The quantitative estimate of drug-likeness (QED) is 0.354. The van der Waals surface area contributed by atoms with Crippen LogP contribution in [0.25, 0.3) is 16.8 Å². The number of pyridine rings is 1. The molecule has 3 aromatic heterocycles. The lowest BCUT2D eigenvalue weighted by molar-refractivity contribution is -0.128. The number of nitrogens with two attached hydrogens (primary N) is 1. The first-order chi connectivity index (χ1) is 19.8. The molecule has 4 aromatic rings. The van der Waals surface area contributed by atoms with Crippen LogP contribution in [0.5, 0.6) is 0 Å². The Morgan fingerprint density at radius 2 is 1.93 bits per heavy atom. The summed E-state index contributed by atoms with van der Waals surface area (Å²) in [6, 6.07) is 7.92. The number of fused-ring (bicyclic) bond motifs is 1. The van der Waals surface area contributed by atoms with Crippen LogP contribution in [-0.4, -0.2) is 56.2 Å². The van der Waals surface area contributed by atoms with E-state index < -0.39 is 11.6 Å². The maximum atomic E-state index is 15.3. The van der Waals surface area contributed by atoms with E-state index in [1.807, 2.05) is 12.3 Å². The van der Waals surface area contributed by atoms with Gasteiger partial charge in [-0.1, -0.05) is 6.92 Å².